The molecule has 0 aliphatic rings. The normalized spacial score (nSPS) is 12.2. The zero-order valence-electron chi connectivity index (χ0n) is 11.4. The number of carbonyl (C=O) groups is 1. The summed E-state index contributed by atoms with van der Waals surface area (Å²) in [4.78, 5) is 12.6. The Bertz CT molecular complexity index is 575. The average molecular weight is 253 g/mol. The molecule has 2 rings (SSSR count). The van der Waals surface area contributed by atoms with E-state index in [1.807, 2.05) is 62.4 Å². The van der Waals surface area contributed by atoms with Crippen molar-refractivity contribution in [3.05, 3.63) is 70.8 Å². The highest BCUT2D eigenvalue weighted by atomic mass is 16.1. The second kappa shape index (κ2) is 5.81. The Morgan fingerprint density at radius 2 is 1.79 bits per heavy atom. The summed E-state index contributed by atoms with van der Waals surface area (Å²) in [5.41, 5.74) is 9.73. The maximum Gasteiger partial charge on any atom is 0.171 e. The monoisotopic (exact) mass is 253 g/mol. The number of nitrogens with two attached hydrogens (primary N) is 1. The molecule has 19 heavy (non-hydrogen) atoms. The third-order valence-corrected chi connectivity index (χ3v) is 3.40. The van der Waals surface area contributed by atoms with E-state index in [-0.39, 0.29) is 11.7 Å². The van der Waals surface area contributed by atoms with Gasteiger partial charge < -0.3 is 5.73 Å². The molecule has 0 bridgehead atoms. The molecule has 98 valence electrons. The summed E-state index contributed by atoms with van der Waals surface area (Å²) in [6.07, 6.45) is 0. The van der Waals surface area contributed by atoms with Crippen LogP contribution in [0.2, 0.25) is 0 Å². The lowest BCUT2D eigenvalue weighted by Crippen LogP contribution is -2.22. The van der Waals surface area contributed by atoms with Crippen molar-refractivity contribution in [1.29, 1.82) is 0 Å². The maximum absolute atomic E-state index is 12.6. The first kappa shape index (κ1) is 13.5. The third-order valence-electron chi connectivity index (χ3n) is 3.40. The Morgan fingerprint density at radius 1 is 1.11 bits per heavy atom. The van der Waals surface area contributed by atoms with Crippen LogP contribution in [0.1, 0.15) is 33.0 Å². The molecule has 2 nitrogen and oxygen atoms in total. The van der Waals surface area contributed by atoms with Gasteiger partial charge in [0.15, 0.2) is 5.78 Å². The van der Waals surface area contributed by atoms with Crippen molar-refractivity contribution in [1.82, 2.24) is 0 Å². The molecule has 0 saturated heterocycles. The van der Waals surface area contributed by atoms with Gasteiger partial charge in [0, 0.05) is 12.1 Å². The molecule has 0 aliphatic carbocycles. The number of hydrogen-bond donors (Lipinski definition) is 1. The van der Waals surface area contributed by atoms with Crippen LogP contribution in [0.4, 0.5) is 0 Å². The van der Waals surface area contributed by atoms with Gasteiger partial charge >= 0.3 is 0 Å². The standard InChI is InChI=1S/C17H19NO/c1-12-8-9-15(13(2)10-12)17(19)16(11-18)14-6-4-3-5-7-14/h3-10,16H,11,18H2,1-2H3. The highest BCUT2D eigenvalue weighted by Crippen LogP contribution is 2.22. The number of carbonyl (C=O) groups excluding carboxylic acids is 1. The van der Waals surface area contributed by atoms with Gasteiger partial charge in [0.1, 0.15) is 0 Å². The van der Waals surface area contributed by atoms with Crippen LogP contribution < -0.4 is 5.73 Å². The van der Waals surface area contributed by atoms with E-state index in [1.54, 1.807) is 0 Å². The fourth-order valence-electron chi connectivity index (χ4n) is 2.36. The van der Waals surface area contributed by atoms with E-state index in [0.717, 1.165) is 22.3 Å². The van der Waals surface area contributed by atoms with Gasteiger partial charge in [0.25, 0.3) is 0 Å². The Hall–Kier alpha value is -1.93. The molecule has 0 saturated carbocycles. The second-order valence-corrected chi connectivity index (χ2v) is 4.88. The summed E-state index contributed by atoms with van der Waals surface area (Å²) < 4.78 is 0. The van der Waals surface area contributed by atoms with Crippen molar-refractivity contribution in [3.63, 3.8) is 0 Å². The topological polar surface area (TPSA) is 43.1 Å². The first-order valence-electron chi connectivity index (χ1n) is 6.50. The van der Waals surface area contributed by atoms with Crippen molar-refractivity contribution >= 4 is 5.78 Å². The van der Waals surface area contributed by atoms with Crippen molar-refractivity contribution < 1.29 is 4.79 Å². The summed E-state index contributed by atoms with van der Waals surface area (Å²) in [7, 11) is 0. The first-order valence-corrected chi connectivity index (χ1v) is 6.50. The molecule has 0 spiro atoms. The van der Waals surface area contributed by atoms with Crippen molar-refractivity contribution in [2.75, 3.05) is 6.54 Å². The number of Topliss-reactive ketones (excluding diaryl/α,β-unsaturated/α-hetero) is 1. The van der Waals surface area contributed by atoms with E-state index in [4.69, 9.17) is 5.73 Å². The Morgan fingerprint density at radius 3 is 2.37 bits per heavy atom. The molecular formula is C17H19NO. The molecule has 2 N–H and O–H groups in total. The number of ketones is 1. The van der Waals surface area contributed by atoms with Crippen molar-refractivity contribution in [2.45, 2.75) is 19.8 Å². The van der Waals surface area contributed by atoms with Gasteiger partial charge in [0.2, 0.25) is 0 Å². The van der Waals surface area contributed by atoms with Gasteiger partial charge in [0.05, 0.1) is 5.92 Å². The van der Waals surface area contributed by atoms with Crippen LogP contribution >= 0.6 is 0 Å². The van der Waals surface area contributed by atoms with Crippen LogP contribution in [-0.2, 0) is 0 Å². The minimum Gasteiger partial charge on any atom is -0.329 e. The predicted molar refractivity (Wildman–Crippen MR) is 78.5 cm³/mol. The van der Waals surface area contributed by atoms with E-state index in [9.17, 15) is 4.79 Å². The molecule has 0 heterocycles. The summed E-state index contributed by atoms with van der Waals surface area (Å²) in [5, 5.41) is 0. The molecule has 1 atom stereocenters. The van der Waals surface area contributed by atoms with Crippen LogP contribution in [-0.4, -0.2) is 12.3 Å². The molecule has 0 amide bonds. The van der Waals surface area contributed by atoms with Crippen LogP contribution in [0.3, 0.4) is 0 Å². The van der Waals surface area contributed by atoms with E-state index in [2.05, 4.69) is 0 Å². The van der Waals surface area contributed by atoms with Gasteiger partial charge in [-0.15, -0.1) is 0 Å². The van der Waals surface area contributed by atoms with Crippen LogP contribution in [0.5, 0.6) is 0 Å². The van der Waals surface area contributed by atoms with E-state index in [1.165, 1.54) is 0 Å². The fraction of sp³-hybridized carbons (Fsp3) is 0.235. The maximum atomic E-state index is 12.6. The minimum atomic E-state index is -0.261. The first-order chi connectivity index (χ1) is 9.13. The van der Waals surface area contributed by atoms with Gasteiger partial charge in [-0.25, -0.2) is 0 Å². The van der Waals surface area contributed by atoms with Crippen LogP contribution in [0.15, 0.2) is 48.5 Å². The predicted octanol–water partition coefficient (Wildman–Crippen LogP) is 3.23. The summed E-state index contributed by atoms with van der Waals surface area (Å²) in [5.74, 6) is -0.159. The molecule has 2 aromatic carbocycles. The number of benzene rings is 2. The van der Waals surface area contributed by atoms with Gasteiger partial charge in [-0.2, -0.15) is 0 Å². The van der Waals surface area contributed by atoms with Gasteiger partial charge in [-0.05, 0) is 25.0 Å². The molecule has 0 radical (unpaired) electrons. The summed E-state index contributed by atoms with van der Waals surface area (Å²) in [6, 6.07) is 15.6. The zero-order valence-corrected chi connectivity index (χ0v) is 11.4. The van der Waals surface area contributed by atoms with E-state index < -0.39 is 0 Å². The summed E-state index contributed by atoms with van der Waals surface area (Å²) >= 11 is 0. The molecule has 2 aromatic rings. The van der Waals surface area contributed by atoms with E-state index >= 15 is 0 Å². The highest BCUT2D eigenvalue weighted by molar-refractivity contribution is 6.02. The smallest absolute Gasteiger partial charge is 0.171 e. The van der Waals surface area contributed by atoms with Gasteiger partial charge in [-0.1, -0.05) is 54.1 Å². The number of rotatable bonds is 4. The largest absolute Gasteiger partial charge is 0.329 e. The van der Waals surface area contributed by atoms with E-state index in [0.29, 0.717) is 6.54 Å². The lowest BCUT2D eigenvalue weighted by Gasteiger charge is -2.15. The number of hydrogen-bond acceptors (Lipinski definition) is 2. The Labute approximate surface area is 114 Å². The molecule has 2 heteroatoms. The SMILES string of the molecule is Cc1ccc(C(=O)C(CN)c2ccccc2)c(C)c1. The van der Waals surface area contributed by atoms with Crippen LogP contribution in [0, 0.1) is 13.8 Å². The lowest BCUT2D eigenvalue weighted by atomic mass is 9.88. The third kappa shape index (κ3) is 2.91. The number of aryl methyl sites for hydroxylation is 2. The molecule has 0 aromatic heterocycles. The average Bonchev–Trinajstić information content (AvgIpc) is 2.40. The van der Waals surface area contributed by atoms with Crippen molar-refractivity contribution in [2.24, 2.45) is 5.73 Å². The zero-order chi connectivity index (χ0) is 13.8. The Balaban J connectivity index is 2.36. The highest BCUT2D eigenvalue weighted by Gasteiger charge is 2.21. The fourth-order valence-corrected chi connectivity index (χ4v) is 2.36. The Kier molecular flexibility index (Phi) is 4.13. The summed E-state index contributed by atoms with van der Waals surface area (Å²) in [6.45, 7) is 4.33. The quantitative estimate of drug-likeness (QED) is 0.850. The lowest BCUT2D eigenvalue weighted by molar-refractivity contribution is 0.0962. The second-order valence-electron chi connectivity index (χ2n) is 4.88. The van der Waals surface area contributed by atoms with Crippen molar-refractivity contribution in [3.8, 4) is 0 Å². The molecule has 0 aliphatic heterocycles. The van der Waals surface area contributed by atoms with Gasteiger partial charge in [-0.3, -0.25) is 4.79 Å². The molecular weight excluding hydrogens is 234 g/mol. The minimum absolute atomic E-state index is 0.103. The molecule has 0 fully saturated rings. The molecule has 1 unspecified atom stereocenters. The van der Waals surface area contributed by atoms with Crippen LogP contribution in [0.25, 0.3) is 0 Å².